The van der Waals surface area contributed by atoms with Gasteiger partial charge in [-0.05, 0) is 25.7 Å². The van der Waals surface area contributed by atoms with Gasteiger partial charge in [-0.3, -0.25) is 0 Å². The first kappa shape index (κ1) is 12.8. The number of methoxy groups -OCH3 is 1. The number of ether oxygens (including phenoxy) is 1. The molecule has 0 bridgehead atoms. The van der Waals surface area contributed by atoms with E-state index in [1.807, 2.05) is 0 Å². The summed E-state index contributed by atoms with van der Waals surface area (Å²) in [6.45, 7) is 4.10. The van der Waals surface area contributed by atoms with E-state index in [4.69, 9.17) is 4.74 Å². The Morgan fingerprint density at radius 1 is 1.47 bits per heavy atom. The van der Waals surface area contributed by atoms with E-state index in [-0.39, 0.29) is 0 Å². The van der Waals surface area contributed by atoms with Crippen molar-refractivity contribution >= 4 is 16.7 Å². The van der Waals surface area contributed by atoms with Crippen molar-refractivity contribution in [1.82, 2.24) is 9.36 Å². The van der Waals surface area contributed by atoms with Crippen LogP contribution in [-0.4, -0.2) is 35.7 Å². The van der Waals surface area contributed by atoms with Gasteiger partial charge in [0.25, 0.3) is 0 Å². The molecular formula is C12H21N3OS. The van der Waals surface area contributed by atoms with Crippen LogP contribution in [0.2, 0.25) is 0 Å². The van der Waals surface area contributed by atoms with Crippen LogP contribution in [0.3, 0.4) is 0 Å². The topological polar surface area (TPSA) is 38.2 Å². The number of piperidine rings is 1. The lowest BCUT2D eigenvalue weighted by Crippen LogP contribution is -2.39. The largest absolute Gasteiger partial charge is 0.384 e. The van der Waals surface area contributed by atoms with Crippen molar-refractivity contribution in [3.63, 3.8) is 0 Å². The molecule has 1 aromatic heterocycles. The smallest absolute Gasteiger partial charge is 0.205 e. The lowest BCUT2D eigenvalue weighted by atomic mass is 10.0. The number of rotatable bonds is 5. The second-order valence-corrected chi connectivity index (χ2v) is 5.22. The second-order valence-electron chi connectivity index (χ2n) is 4.49. The lowest BCUT2D eigenvalue weighted by molar-refractivity contribution is 0.201. The van der Waals surface area contributed by atoms with Gasteiger partial charge in [0, 0.05) is 37.6 Å². The van der Waals surface area contributed by atoms with Crippen LogP contribution in [0.25, 0.3) is 0 Å². The van der Waals surface area contributed by atoms with Crippen LogP contribution in [0.15, 0.2) is 0 Å². The molecule has 5 heteroatoms. The Morgan fingerprint density at radius 3 is 3.12 bits per heavy atom. The summed E-state index contributed by atoms with van der Waals surface area (Å²) in [7, 11) is 1.71. The molecule has 0 N–H and O–H groups in total. The Hall–Kier alpha value is -0.680. The van der Waals surface area contributed by atoms with Crippen molar-refractivity contribution in [2.75, 3.05) is 25.2 Å². The molecule has 0 amide bonds. The fraction of sp³-hybridized carbons (Fsp3) is 0.833. The molecule has 1 aliphatic rings. The zero-order valence-electron chi connectivity index (χ0n) is 10.7. The standard InChI is InChI=1S/C12H21N3OS/c1-3-10-6-4-5-8-15(10)12-13-11(14-17-12)7-9-16-2/h10H,3-9H2,1-2H3. The van der Waals surface area contributed by atoms with Crippen LogP contribution < -0.4 is 4.90 Å². The molecule has 1 aliphatic heterocycles. The molecule has 0 aliphatic carbocycles. The maximum absolute atomic E-state index is 5.05. The number of hydrogen-bond donors (Lipinski definition) is 0. The van der Waals surface area contributed by atoms with Gasteiger partial charge < -0.3 is 9.64 Å². The Bertz CT molecular complexity index is 342. The highest BCUT2D eigenvalue weighted by Crippen LogP contribution is 2.27. The number of aromatic nitrogens is 2. The summed E-state index contributed by atoms with van der Waals surface area (Å²) in [5.74, 6) is 0.923. The molecule has 1 atom stereocenters. The highest BCUT2D eigenvalue weighted by Gasteiger charge is 2.23. The molecule has 2 rings (SSSR count). The third-order valence-corrected chi connectivity index (χ3v) is 4.12. The van der Waals surface area contributed by atoms with Crippen LogP contribution >= 0.6 is 11.5 Å². The maximum Gasteiger partial charge on any atom is 0.205 e. The molecule has 2 heterocycles. The molecule has 1 aromatic rings. The van der Waals surface area contributed by atoms with Crippen molar-refractivity contribution < 1.29 is 4.74 Å². The van der Waals surface area contributed by atoms with Gasteiger partial charge in [-0.25, -0.2) is 4.98 Å². The van der Waals surface area contributed by atoms with Gasteiger partial charge in [-0.1, -0.05) is 6.92 Å². The molecule has 1 saturated heterocycles. The van der Waals surface area contributed by atoms with Crippen LogP contribution in [0.4, 0.5) is 5.13 Å². The fourth-order valence-corrected chi connectivity index (χ4v) is 3.14. The Balaban J connectivity index is 2.02. The normalized spacial score (nSPS) is 20.8. The fourth-order valence-electron chi connectivity index (χ4n) is 2.33. The Labute approximate surface area is 107 Å². The van der Waals surface area contributed by atoms with Crippen LogP contribution in [-0.2, 0) is 11.2 Å². The summed E-state index contributed by atoms with van der Waals surface area (Å²) in [5, 5.41) is 1.10. The van der Waals surface area contributed by atoms with E-state index in [9.17, 15) is 0 Å². The van der Waals surface area contributed by atoms with E-state index in [1.54, 1.807) is 7.11 Å². The minimum Gasteiger partial charge on any atom is -0.384 e. The summed E-state index contributed by atoms with van der Waals surface area (Å²) >= 11 is 1.53. The van der Waals surface area contributed by atoms with E-state index in [2.05, 4.69) is 21.2 Å². The average Bonchev–Trinajstić information content (AvgIpc) is 2.85. The van der Waals surface area contributed by atoms with Crippen molar-refractivity contribution in [3.8, 4) is 0 Å². The number of nitrogens with zero attached hydrogens (tertiary/aromatic N) is 3. The molecule has 0 radical (unpaired) electrons. The lowest BCUT2D eigenvalue weighted by Gasteiger charge is -2.34. The van der Waals surface area contributed by atoms with Crippen LogP contribution in [0.5, 0.6) is 0 Å². The van der Waals surface area contributed by atoms with Gasteiger partial charge in [-0.15, -0.1) is 0 Å². The molecule has 1 fully saturated rings. The second kappa shape index (κ2) is 6.31. The zero-order chi connectivity index (χ0) is 12.1. The minimum atomic E-state index is 0.659. The predicted octanol–water partition coefficient (Wildman–Crippen LogP) is 2.50. The van der Waals surface area contributed by atoms with Crippen molar-refractivity contribution in [1.29, 1.82) is 0 Å². The summed E-state index contributed by atoms with van der Waals surface area (Å²) in [6.07, 6.45) is 5.95. The molecule has 1 unspecified atom stereocenters. The van der Waals surface area contributed by atoms with E-state index >= 15 is 0 Å². The van der Waals surface area contributed by atoms with Crippen LogP contribution in [0.1, 0.15) is 38.4 Å². The summed E-state index contributed by atoms with van der Waals surface area (Å²) in [6, 6.07) is 0.659. The molecule has 96 valence electrons. The maximum atomic E-state index is 5.05. The predicted molar refractivity (Wildman–Crippen MR) is 70.8 cm³/mol. The number of anilines is 1. The first-order chi connectivity index (χ1) is 8.35. The Kier molecular flexibility index (Phi) is 4.74. The van der Waals surface area contributed by atoms with E-state index in [0.717, 1.165) is 23.9 Å². The molecule has 0 spiro atoms. The average molecular weight is 255 g/mol. The first-order valence-corrected chi connectivity index (χ1v) is 7.20. The quantitative estimate of drug-likeness (QED) is 0.810. The number of hydrogen-bond acceptors (Lipinski definition) is 5. The van der Waals surface area contributed by atoms with E-state index < -0.39 is 0 Å². The monoisotopic (exact) mass is 255 g/mol. The van der Waals surface area contributed by atoms with Gasteiger partial charge in [0.1, 0.15) is 5.82 Å². The summed E-state index contributed by atoms with van der Waals surface area (Å²) in [4.78, 5) is 7.06. The Morgan fingerprint density at radius 2 is 2.35 bits per heavy atom. The van der Waals surface area contributed by atoms with Gasteiger partial charge in [0.2, 0.25) is 5.13 Å². The van der Waals surface area contributed by atoms with E-state index in [1.165, 1.54) is 37.2 Å². The van der Waals surface area contributed by atoms with Gasteiger partial charge in [0.05, 0.1) is 6.61 Å². The van der Waals surface area contributed by atoms with Crippen LogP contribution in [0, 0.1) is 0 Å². The SMILES string of the molecule is CCC1CCCCN1c1nc(CCOC)ns1. The van der Waals surface area contributed by atoms with Gasteiger partial charge >= 0.3 is 0 Å². The third-order valence-electron chi connectivity index (χ3n) is 3.33. The molecular weight excluding hydrogens is 234 g/mol. The zero-order valence-corrected chi connectivity index (χ0v) is 11.5. The van der Waals surface area contributed by atoms with E-state index in [0.29, 0.717) is 12.6 Å². The van der Waals surface area contributed by atoms with Gasteiger partial charge in [-0.2, -0.15) is 4.37 Å². The highest BCUT2D eigenvalue weighted by atomic mass is 32.1. The highest BCUT2D eigenvalue weighted by molar-refractivity contribution is 7.09. The molecule has 0 saturated carbocycles. The minimum absolute atomic E-state index is 0.659. The summed E-state index contributed by atoms with van der Waals surface area (Å²) < 4.78 is 9.46. The van der Waals surface area contributed by atoms with Crippen molar-refractivity contribution in [2.45, 2.75) is 45.1 Å². The summed E-state index contributed by atoms with van der Waals surface area (Å²) in [5.41, 5.74) is 0. The molecule has 0 aromatic carbocycles. The molecule has 17 heavy (non-hydrogen) atoms. The van der Waals surface area contributed by atoms with Crippen molar-refractivity contribution in [2.24, 2.45) is 0 Å². The van der Waals surface area contributed by atoms with Gasteiger partial charge in [0.15, 0.2) is 0 Å². The first-order valence-electron chi connectivity index (χ1n) is 6.43. The molecule has 4 nitrogen and oxygen atoms in total. The third kappa shape index (κ3) is 3.16. The van der Waals surface area contributed by atoms with Crippen molar-refractivity contribution in [3.05, 3.63) is 5.82 Å².